The van der Waals surface area contributed by atoms with Crippen molar-refractivity contribution < 1.29 is 8.42 Å². The van der Waals surface area contributed by atoms with E-state index in [4.69, 9.17) is 0 Å². The van der Waals surface area contributed by atoms with E-state index in [9.17, 15) is 13.2 Å². The minimum absolute atomic E-state index is 0.162. The molecule has 0 unspecified atom stereocenters. The largest absolute Gasteiger partial charge is 0.328 e. The third kappa shape index (κ3) is 5.63. The fourth-order valence-electron chi connectivity index (χ4n) is 2.13. The van der Waals surface area contributed by atoms with Crippen molar-refractivity contribution in [1.29, 1.82) is 0 Å². The van der Waals surface area contributed by atoms with E-state index in [2.05, 4.69) is 18.8 Å². The molecular formula is C15H26N2O3S. The van der Waals surface area contributed by atoms with Gasteiger partial charge in [0.25, 0.3) is 0 Å². The molecule has 1 aromatic rings. The smallest absolute Gasteiger partial charge is 0.247 e. The monoisotopic (exact) mass is 314 g/mol. The third-order valence-electron chi connectivity index (χ3n) is 3.42. The molecule has 0 amide bonds. The summed E-state index contributed by atoms with van der Waals surface area (Å²) < 4.78 is 26.8. The Labute approximate surface area is 127 Å². The van der Waals surface area contributed by atoms with Crippen LogP contribution in [0, 0.1) is 0 Å². The van der Waals surface area contributed by atoms with Crippen molar-refractivity contribution in [3.63, 3.8) is 0 Å². The van der Waals surface area contributed by atoms with E-state index >= 15 is 0 Å². The Morgan fingerprint density at radius 3 is 2.00 bits per heavy atom. The van der Waals surface area contributed by atoms with Gasteiger partial charge in [-0.25, -0.2) is 8.42 Å². The molecule has 0 aliphatic heterocycles. The predicted octanol–water partition coefficient (Wildman–Crippen LogP) is 2.75. The molecule has 0 spiro atoms. The maximum atomic E-state index is 12.6. The van der Waals surface area contributed by atoms with Crippen LogP contribution in [0.5, 0.6) is 0 Å². The Balaban J connectivity index is 2.87. The van der Waals surface area contributed by atoms with E-state index < -0.39 is 10.0 Å². The molecule has 21 heavy (non-hydrogen) atoms. The molecule has 0 aliphatic carbocycles. The first kappa shape index (κ1) is 17.9. The Bertz CT molecular complexity index is 536. The Hall–Kier alpha value is -1.14. The normalized spacial score (nSPS) is 12.0. The average Bonchev–Trinajstić information content (AvgIpc) is 2.46. The number of nitrogens with zero attached hydrogens (tertiary/aromatic N) is 1. The van der Waals surface area contributed by atoms with Gasteiger partial charge in [0.1, 0.15) is 0 Å². The van der Waals surface area contributed by atoms with Gasteiger partial charge in [-0.05, 0) is 18.9 Å². The van der Waals surface area contributed by atoms with Crippen LogP contribution >= 0.6 is 0 Å². The number of nitrogens with one attached hydrogen (secondary N) is 1. The lowest BCUT2D eigenvalue weighted by Crippen LogP contribution is -2.33. The first-order valence-electron chi connectivity index (χ1n) is 7.71. The van der Waals surface area contributed by atoms with Crippen molar-refractivity contribution in [2.75, 3.05) is 13.1 Å². The van der Waals surface area contributed by atoms with Crippen LogP contribution in [0.15, 0.2) is 28.0 Å². The van der Waals surface area contributed by atoms with Gasteiger partial charge >= 0.3 is 0 Å². The molecule has 0 bridgehead atoms. The van der Waals surface area contributed by atoms with Crippen molar-refractivity contribution in [2.24, 2.45) is 0 Å². The molecule has 0 fully saturated rings. The molecule has 1 heterocycles. The van der Waals surface area contributed by atoms with Crippen LogP contribution in [0.1, 0.15) is 52.4 Å². The van der Waals surface area contributed by atoms with Gasteiger partial charge in [-0.15, -0.1) is 0 Å². The van der Waals surface area contributed by atoms with E-state index in [0.717, 1.165) is 38.5 Å². The second kappa shape index (κ2) is 9.00. The summed E-state index contributed by atoms with van der Waals surface area (Å²) in [6.07, 6.45) is 7.17. The lowest BCUT2D eigenvalue weighted by Gasteiger charge is -2.22. The molecule has 1 rings (SSSR count). The number of H-pyrrole nitrogens is 1. The van der Waals surface area contributed by atoms with Gasteiger partial charge in [0, 0.05) is 25.4 Å². The highest BCUT2D eigenvalue weighted by Crippen LogP contribution is 2.16. The number of pyridine rings is 1. The Morgan fingerprint density at radius 1 is 1.00 bits per heavy atom. The van der Waals surface area contributed by atoms with Crippen molar-refractivity contribution in [3.05, 3.63) is 28.7 Å². The van der Waals surface area contributed by atoms with Crippen LogP contribution in [-0.2, 0) is 10.0 Å². The highest BCUT2D eigenvalue weighted by Gasteiger charge is 2.23. The van der Waals surface area contributed by atoms with E-state index in [1.54, 1.807) is 4.31 Å². The minimum Gasteiger partial charge on any atom is -0.328 e. The molecule has 0 saturated heterocycles. The zero-order chi connectivity index (χ0) is 15.7. The molecule has 0 radical (unpaired) electrons. The molecule has 0 atom stereocenters. The molecular weight excluding hydrogens is 288 g/mol. The summed E-state index contributed by atoms with van der Waals surface area (Å²) in [7, 11) is -3.52. The van der Waals surface area contributed by atoms with Crippen molar-refractivity contribution in [3.8, 4) is 0 Å². The highest BCUT2D eigenvalue weighted by atomic mass is 32.2. The third-order valence-corrected chi connectivity index (χ3v) is 5.31. The van der Waals surface area contributed by atoms with Gasteiger partial charge in [0.05, 0.1) is 4.90 Å². The van der Waals surface area contributed by atoms with Crippen LogP contribution in [-0.4, -0.2) is 30.8 Å². The average molecular weight is 314 g/mol. The maximum absolute atomic E-state index is 12.6. The van der Waals surface area contributed by atoms with Crippen LogP contribution < -0.4 is 5.56 Å². The predicted molar refractivity (Wildman–Crippen MR) is 84.9 cm³/mol. The zero-order valence-corrected chi connectivity index (χ0v) is 13.8. The summed E-state index contributed by atoms with van der Waals surface area (Å²) in [4.78, 5) is 13.7. The van der Waals surface area contributed by atoms with Gasteiger partial charge in [-0.2, -0.15) is 4.31 Å². The van der Waals surface area contributed by atoms with Crippen LogP contribution in [0.3, 0.4) is 0 Å². The number of rotatable bonds is 10. The van der Waals surface area contributed by atoms with Gasteiger partial charge in [-0.1, -0.05) is 39.5 Å². The van der Waals surface area contributed by atoms with Gasteiger partial charge in [0.15, 0.2) is 0 Å². The van der Waals surface area contributed by atoms with E-state index in [1.165, 1.54) is 18.3 Å². The van der Waals surface area contributed by atoms with Crippen LogP contribution in [0.25, 0.3) is 0 Å². The zero-order valence-electron chi connectivity index (χ0n) is 13.0. The number of aromatic nitrogens is 1. The van der Waals surface area contributed by atoms with Crippen molar-refractivity contribution in [2.45, 2.75) is 57.3 Å². The van der Waals surface area contributed by atoms with Gasteiger partial charge in [-0.3, -0.25) is 4.79 Å². The SMILES string of the molecule is CCCCCN(CCCCC)S(=O)(=O)c1ccc(=O)[nH]c1. The highest BCUT2D eigenvalue weighted by molar-refractivity contribution is 7.89. The summed E-state index contributed by atoms with van der Waals surface area (Å²) in [5, 5.41) is 0. The first-order valence-corrected chi connectivity index (χ1v) is 9.15. The quantitative estimate of drug-likeness (QED) is 0.675. The second-order valence-corrected chi connectivity index (χ2v) is 7.14. The molecule has 0 aliphatic rings. The van der Waals surface area contributed by atoms with Crippen molar-refractivity contribution >= 4 is 10.0 Å². The summed E-state index contributed by atoms with van der Waals surface area (Å²) >= 11 is 0. The molecule has 0 aromatic carbocycles. The minimum atomic E-state index is -3.52. The lowest BCUT2D eigenvalue weighted by molar-refractivity contribution is 0.388. The molecule has 120 valence electrons. The molecule has 5 nitrogen and oxygen atoms in total. The van der Waals surface area contributed by atoms with E-state index in [1.807, 2.05) is 0 Å². The maximum Gasteiger partial charge on any atom is 0.247 e. The summed E-state index contributed by atoms with van der Waals surface area (Å²) in [5.74, 6) is 0. The summed E-state index contributed by atoms with van der Waals surface area (Å²) in [6.45, 7) is 5.27. The fourth-order valence-corrected chi connectivity index (χ4v) is 3.62. The van der Waals surface area contributed by atoms with Gasteiger partial charge in [0.2, 0.25) is 15.6 Å². The van der Waals surface area contributed by atoms with Crippen molar-refractivity contribution in [1.82, 2.24) is 9.29 Å². The second-order valence-electron chi connectivity index (χ2n) is 5.21. The molecule has 1 N–H and O–H groups in total. The van der Waals surface area contributed by atoms with E-state index in [-0.39, 0.29) is 10.5 Å². The fraction of sp³-hybridized carbons (Fsp3) is 0.667. The lowest BCUT2D eigenvalue weighted by atomic mass is 10.2. The number of hydrogen-bond donors (Lipinski definition) is 1. The number of aromatic amines is 1. The topological polar surface area (TPSA) is 70.2 Å². The summed E-state index contributed by atoms with van der Waals surface area (Å²) in [5.41, 5.74) is -0.294. The number of hydrogen-bond acceptors (Lipinski definition) is 3. The standard InChI is InChI=1S/C15H26N2O3S/c1-3-5-7-11-17(12-8-6-4-2)21(19,20)14-9-10-15(18)16-13-14/h9-10,13H,3-8,11-12H2,1-2H3,(H,16,18). The Morgan fingerprint density at radius 2 is 1.57 bits per heavy atom. The first-order chi connectivity index (χ1) is 10.0. The summed E-state index contributed by atoms with van der Waals surface area (Å²) in [6, 6.07) is 2.63. The molecule has 0 saturated carbocycles. The Kier molecular flexibility index (Phi) is 7.67. The number of sulfonamides is 1. The van der Waals surface area contributed by atoms with E-state index in [0.29, 0.717) is 13.1 Å². The van der Waals surface area contributed by atoms with Crippen LogP contribution in [0.4, 0.5) is 0 Å². The van der Waals surface area contributed by atoms with Gasteiger partial charge < -0.3 is 4.98 Å². The molecule has 6 heteroatoms. The van der Waals surface area contributed by atoms with Crippen LogP contribution in [0.2, 0.25) is 0 Å². The number of unbranched alkanes of at least 4 members (excludes halogenated alkanes) is 4. The molecule has 1 aromatic heterocycles.